The Morgan fingerprint density at radius 2 is 1.85 bits per heavy atom. The largest absolute Gasteiger partial charge is 0.481 e. The van der Waals surface area contributed by atoms with Gasteiger partial charge < -0.3 is 10.4 Å². The van der Waals surface area contributed by atoms with Gasteiger partial charge in [-0.3, -0.25) is 9.59 Å². The molecular formula is C16H21NO3. The van der Waals surface area contributed by atoms with Gasteiger partial charge in [-0.25, -0.2) is 0 Å². The summed E-state index contributed by atoms with van der Waals surface area (Å²) in [5.41, 5.74) is 2.20. The zero-order chi connectivity index (χ0) is 14.5. The lowest BCUT2D eigenvalue weighted by molar-refractivity contribution is -0.148. The summed E-state index contributed by atoms with van der Waals surface area (Å²) in [6, 6.07) is 7.88. The van der Waals surface area contributed by atoms with Crippen LogP contribution in [-0.4, -0.2) is 17.0 Å². The molecule has 1 aliphatic carbocycles. The van der Waals surface area contributed by atoms with Gasteiger partial charge in [0.1, 0.15) is 0 Å². The first-order chi connectivity index (χ1) is 9.59. The molecule has 0 heterocycles. The molecule has 0 radical (unpaired) electrons. The first-order valence-electron chi connectivity index (χ1n) is 7.14. The Bertz CT molecular complexity index is 498. The molecule has 0 unspecified atom stereocenters. The van der Waals surface area contributed by atoms with Crippen LogP contribution >= 0.6 is 0 Å². The van der Waals surface area contributed by atoms with E-state index in [2.05, 4.69) is 5.32 Å². The van der Waals surface area contributed by atoms with Crippen LogP contribution in [0.5, 0.6) is 0 Å². The molecule has 0 aromatic heterocycles. The summed E-state index contributed by atoms with van der Waals surface area (Å²) in [5.74, 6) is -1.88. The third-order valence-electron chi connectivity index (χ3n) is 4.13. The van der Waals surface area contributed by atoms with Crippen molar-refractivity contribution in [1.29, 1.82) is 0 Å². The highest BCUT2D eigenvalue weighted by Crippen LogP contribution is 2.30. The highest BCUT2D eigenvalue weighted by molar-refractivity contribution is 5.84. The van der Waals surface area contributed by atoms with E-state index in [1.165, 1.54) is 0 Å². The van der Waals surface area contributed by atoms with Crippen LogP contribution in [0.2, 0.25) is 0 Å². The fraction of sp³-hybridized carbons (Fsp3) is 0.500. The molecule has 1 aromatic carbocycles. The molecule has 20 heavy (non-hydrogen) atoms. The number of aliphatic carboxylic acids is 1. The van der Waals surface area contributed by atoms with Crippen LogP contribution in [0.15, 0.2) is 24.3 Å². The number of hydrogen-bond acceptors (Lipinski definition) is 2. The number of carboxylic acids is 1. The molecule has 4 nitrogen and oxygen atoms in total. The standard InChI is InChI=1S/C16H21NO3/c1-11-6-2-3-7-12(11)10-17-15(18)13-8-4-5-9-14(13)16(19)20/h2-3,6-7,13-14H,4-5,8-10H2,1H3,(H,17,18)(H,19,20)/t13-,14+/m1/s1. The predicted octanol–water partition coefficient (Wildman–Crippen LogP) is 2.50. The molecule has 0 aliphatic heterocycles. The lowest BCUT2D eigenvalue weighted by Crippen LogP contribution is -2.39. The molecular weight excluding hydrogens is 254 g/mol. The Kier molecular flexibility index (Phi) is 4.77. The van der Waals surface area contributed by atoms with Crippen LogP contribution in [0.4, 0.5) is 0 Å². The number of aryl methyl sites for hydroxylation is 1. The van der Waals surface area contributed by atoms with Crippen molar-refractivity contribution < 1.29 is 14.7 Å². The molecule has 1 aromatic rings. The van der Waals surface area contributed by atoms with Crippen LogP contribution in [0, 0.1) is 18.8 Å². The van der Waals surface area contributed by atoms with E-state index in [4.69, 9.17) is 0 Å². The molecule has 4 heteroatoms. The average molecular weight is 275 g/mol. The summed E-state index contributed by atoms with van der Waals surface area (Å²) < 4.78 is 0. The first-order valence-corrected chi connectivity index (χ1v) is 7.14. The van der Waals surface area contributed by atoms with Crippen LogP contribution < -0.4 is 5.32 Å². The van der Waals surface area contributed by atoms with Gasteiger partial charge in [0.15, 0.2) is 0 Å². The molecule has 2 N–H and O–H groups in total. The summed E-state index contributed by atoms with van der Waals surface area (Å²) in [6.45, 7) is 2.47. The Labute approximate surface area is 119 Å². The van der Waals surface area contributed by atoms with Crippen molar-refractivity contribution in [3.8, 4) is 0 Å². The highest BCUT2D eigenvalue weighted by Gasteiger charge is 2.35. The Morgan fingerprint density at radius 3 is 2.50 bits per heavy atom. The molecule has 1 fully saturated rings. The summed E-state index contributed by atoms with van der Waals surface area (Å²) in [7, 11) is 0. The quantitative estimate of drug-likeness (QED) is 0.887. The number of benzene rings is 1. The van der Waals surface area contributed by atoms with Crippen molar-refractivity contribution in [2.75, 3.05) is 0 Å². The van der Waals surface area contributed by atoms with Gasteiger partial charge in [-0.1, -0.05) is 37.1 Å². The maximum absolute atomic E-state index is 12.2. The van der Waals surface area contributed by atoms with Gasteiger partial charge in [-0.15, -0.1) is 0 Å². The zero-order valence-electron chi connectivity index (χ0n) is 11.8. The number of nitrogens with one attached hydrogen (secondary N) is 1. The monoisotopic (exact) mass is 275 g/mol. The molecule has 0 saturated heterocycles. The van der Waals surface area contributed by atoms with Gasteiger partial charge in [0.2, 0.25) is 5.91 Å². The molecule has 108 valence electrons. The molecule has 0 spiro atoms. The second-order valence-electron chi connectivity index (χ2n) is 5.48. The minimum atomic E-state index is -0.847. The van der Waals surface area contributed by atoms with E-state index in [0.29, 0.717) is 19.4 Å². The normalized spacial score (nSPS) is 22.2. The maximum atomic E-state index is 12.2. The highest BCUT2D eigenvalue weighted by atomic mass is 16.4. The van der Waals surface area contributed by atoms with Gasteiger partial charge in [-0.2, -0.15) is 0 Å². The number of rotatable bonds is 4. The van der Waals surface area contributed by atoms with E-state index in [0.717, 1.165) is 24.0 Å². The molecule has 1 saturated carbocycles. The van der Waals surface area contributed by atoms with E-state index in [9.17, 15) is 14.7 Å². The fourth-order valence-electron chi connectivity index (χ4n) is 2.86. The van der Waals surface area contributed by atoms with Crippen molar-refractivity contribution in [1.82, 2.24) is 5.32 Å². The molecule has 2 rings (SSSR count). The number of carbonyl (C=O) groups excluding carboxylic acids is 1. The lowest BCUT2D eigenvalue weighted by Gasteiger charge is -2.27. The van der Waals surface area contributed by atoms with Crippen LogP contribution in [0.1, 0.15) is 36.8 Å². The predicted molar refractivity (Wildman–Crippen MR) is 76.1 cm³/mol. The molecule has 1 amide bonds. The van der Waals surface area contributed by atoms with Gasteiger partial charge in [-0.05, 0) is 30.9 Å². The Balaban J connectivity index is 1.97. The summed E-state index contributed by atoms with van der Waals surface area (Å²) in [6.07, 6.45) is 3.12. The molecule has 1 aliphatic rings. The third kappa shape index (κ3) is 3.38. The second kappa shape index (κ2) is 6.55. The Hall–Kier alpha value is -1.84. The van der Waals surface area contributed by atoms with Crippen molar-refractivity contribution in [3.05, 3.63) is 35.4 Å². The zero-order valence-corrected chi connectivity index (χ0v) is 11.8. The van der Waals surface area contributed by atoms with Crippen LogP contribution in [0.25, 0.3) is 0 Å². The topological polar surface area (TPSA) is 66.4 Å². The van der Waals surface area contributed by atoms with E-state index < -0.39 is 11.9 Å². The van der Waals surface area contributed by atoms with Crippen molar-refractivity contribution >= 4 is 11.9 Å². The number of carbonyl (C=O) groups is 2. The van der Waals surface area contributed by atoms with E-state index in [-0.39, 0.29) is 11.8 Å². The fourth-order valence-corrected chi connectivity index (χ4v) is 2.86. The third-order valence-corrected chi connectivity index (χ3v) is 4.13. The smallest absolute Gasteiger partial charge is 0.307 e. The van der Waals surface area contributed by atoms with Crippen molar-refractivity contribution in [2.24, 2.45) is 11.8 Å². The van der Waals surface area contributed by atoms with Gasteiger partial charge in [0, 0.05) is 6.54 Å². The summed E-state index contributed by atoms with van der Waals surface area (Å²) in [5, 5.41) is 12.1. The van der Waals surface area contributed by atoms with Crippen molar-refractivity contribution in [2.45, 2.75) is 39.2 Å². The van der Waals surface area contributed by atoms with Crippen molar-refractivity contribution in [3.63, 3.8) is 0 Å². The van der Waals surface area contributed by atoms with Gasteiger partial charge in [0.05, 0.1) is 11.8 Å². The second-order valence-corrected chi connectivity index (χ2v) is 5.48. The van der Waals surface area contributed by atoms with Gasteiger partial charge in [0.25, 0.3) is 0 Å². The minimum absolute atomic E-state index is 0.125. The lowest BCUT2D eigenvalue weighted by atomic mass is 9.78. The Morgan fingerprint density at radius 1 is 1.20 bits per heavy atom. The average Bonchev–Trinajstić information content (AvgIpc) is 2.46. The maximum Gasteiger partial charge on any atom is 0.307 e. The van der Waals surface area contributed by atoms with E-state index in [1.807, 2.05) is 31.2 Å². The summed E-state index contributed by atoms with van der Waals surface area (Å²) in [4.78, 5) is 23.4. The number of amides is 1. The van der Waals surface area contributed by atoms with Crippen LogP contribution in [0.3, 0.4) is 0 Å². The minimum Gasteiger partial charge on any atom is -0.481 e. The molecule has 0 bridgehead atoms. The summed E-state index contributed by atoms with van der Waals surface area (Å²) >= 11 is 0. The molecule has 2 atom stereocenters. The van der Waals surface area contributed by atoms with E-state index in [1.54, 1.807) is 0 Å². The SMILES string of the molecule is Cc1ccccc1CNC(=O)[C@@H]1CCCC[C@@H]1C(=O)O. The number of carboxylic acid groups (broad SMARTS) is 1. The van der Waals surface area contributed by atoms with E-state index >= 15 is 0 Å². The first kappa shape index (κ1) is 14.6. The number of hydrogen-bond donors (Lipinski definition) is 2. The van der Waals surface area contributed by atoms with Crippen LogP contribution in [-0.2, 0) is 16.1 Å². The van der Waals surface area contributed by atoms with Gasteiger partial charge >= 0.3 is 5.97 Å².